The van der Waals surface area contributed by atoms with E-state index < -0.39 is 9.05 Å². The van der Waals surface area contributed by atoms with Gasteiger partial charge in [0.05, 0.1) is 0 Å². The number of nitrogens with one attached hydrogen (secondary N) is 1. The van der Waals surface area contributed by atoms with E-state index in [-0.39, 0.29) is 5.16 Å². The molecule has 0 bridgehead atoms. The number of hydrogen-bond donors (Lipinski definition) is 1. The van der Waals surface area contributed by atoms with Crippen LogP contribution in [0.3, 0.4) is 0 Å². The lowest BCUT2D eigenvalue weighted by molar-refractivity contribution is 0.589. The van der Waals surface area contributed by atoms with Crippen LogP contribution in [0.1, 0.15) is 31.0 Å². The van der Waals surface area contributed by atoms with Crippen LogP contribution in [0.15, 0.2) is 5.16 Å². The molecule has 1 aromatic rings. The van der Waals surface area contributed by atoms with Gasteiger partial charge >= 0.3 is 0 Å². The second kappa shape index (κ2) is 2.95. The summed E-state index contributed by atoms with van der Waals surface area (Å²) in [5.74, 6) is 2.67. The highest BCUT2D eigenvalue weighted by Gasteiger charge is 2.47. The van der Waals surface area contributed by atoms with Gasteiger partial charge in [-0.3, -0.25) is 5.10 Å². The van der Waals surface area contributed by atoms with Gasteiger partial charge in [-0.2, -0.15) is 0 Å². The number of nitrogens with zero attached hydrogens (tertiary/aromatic N) is 2. The van der Waals surface area contributed by atoms with E-state index in [0.29, 0.717) is 11.7 Å². The molecule has 82 valence electrons. The predicted octanol–water partition coefficient (Wildman–Crippen LogP) is 1.25. The number of H-pyrrole nitrogens is 1. The molecule has 15 heavy (non-hydrogen) atoms. The van der Waals surface area contributed by atoms with Gasteiger partial charge in [-0.05, 0) is 31.1 Å². The van der Waals surface area contributed by atoms with Crippen LogP contribution in [0, 0.1) is 11.8 Å². The van der Waals surface area contributed by atoms with Gasteiger partial charge in [0.1, 0.15) is 5.82 Å². The topological polar surface area (TPSA) is 75.7 Å². The minimum atomic E-state index is -3.80. The normalized spacial score (nSPS) is 34.1. The highest BCUT2D eigenvalue weighted by Crippen LogP contribution is 2.56. The lowest BCUT2D eigenvalue weighted by atomic mass is 10.0. The summed E-state index contributed by atoms with van der Waals surface area (Å²) in [6, 6.07) is 0. The second-order valence-corrected chi connectivity index (χ2v) is 6.82. The molecule has 3 rings (SSSR count). The van der Waals surface area contributed by atoms with Crippen molar-refractivity contribution in [3.63, 3.8) is 0 Å². The van der Waals surface area contributed by atoms with E-state index in [0.717, 1.165) is 24.7 Å². The average Bonchev–Trinajstić information content (AvgIpc) is 2.68. The maximum atomic E-state index is 11.0. The van der Waals surface area contributed by atoms with E-state index in [4.69, 9.17) is 10.7 Å². The highest BCUT2D eigenvalue weighted by molar-refractivity contribution is 8.13. The van der Waals surface area contributed by atoms with Crippen molar-refractivity contribution in [1.29, 1.82) is 0 Å². The molecule has 0 aromatic carbocycles. The Morgan fingerprint density at radius 2 is 1.93 bits per heavy atom. The standard InChI is InChI=1S/C8H10ClN3O2S/c9-15(13,14)8-10-7(11-12-8)6-2-4-1-5(4)3-6/h4-6H,1-3H2,(H,10,11,12). The molecule has 0 radical (unpaired) electrons. The highest BCUT2D eigenvalue weighted by atomic mass is 35.7. The minimum absolute atomic E-state index is 0.306. The lowest BCUT2D eigenvalue weighted by Gasteiger charge is -2.05. The van der Waals surface area contributed by atoms with E-state index in [1.807, 2.05) is 0 Å². The summed E-state index contributed by atoms with van der Waals surface area (Å²) in [6.45, 7) is 0. The smallest absolute Gasteiger partial charge is 0.262 e. The summed E-state index contributed by atoms with van der Waals surface area (Å²) in [5.41, 5.74) is 0. The van der Waals surface area contributed by atoms with Crippen LogP contribution < -0.4 is 0 Å². The number of hydrogen-bond acceptors (Lipinski definition) is 4. The molecule has 2 unspecified atom stereocenters. The van der Waals surface area contributed by atoms with E-state index in [9.17, 15) is 8.42 Å². The number of rotatable bonds is 2. The fraction of sp³-hybridized carbons (Fsp3) is 0.750. The number of fused-ring (bicyclic) bond motifs is 1. The summed E-state index contributed by atoms with van der Waals surface area (Å²) in [6.07, 6.45) is 3.52. The zero-order valence-corrected chi connectivity index (χ0v) is 9.42. The Bertz CT molecular complexity index is 488. The van der Waals surface area contributed by atoms with Crippen molar-refractivity contribution < 1.29 is 8.42 Å². The van der Waals surface area contributed by atoms with Crippen molar-refractivity contribution >= 4 is 19.7 Å². The largest absolute Gasteiger partial charge is 0.298 e. The SMILES string of the molecule is O=S(=O)(Cl)c1n[nH]c(C2CC3CC3C2)n1. The summed E-state index contributed by atoms with van der Waals surface area (Å²) >= 11 is 0. The molecule has 2 saturated carbocycles. The molecule has 0 spiro atoms. The van der Waals surface area contributed by atoms with Gasteiger partial charge < -0.3 is 0 Å². The molecule has 5 nitrogen and oxygen atoms in total. The molecule has 2 aliphatic carbocycles. The first-order valence-electron chi connectivity index (χ1n) is 4.91. The van der Waals surface area contributed by atoms with Gasteiger partial charge in [-0.25, -0.2) is 13.4 Å². The Morgan fingerprint density at radius 1 is 1.27 bits per heavy atom. The summed E-state index contributed by atoms with van der Waals surface area (Å²) in [7, 11) is 1.35. The van der Waals surface area contributed by atoms with Crippen molar-refractivity contribution in [3.8, 4) is 0 Å². The maximum absolute atomic E-state index is 11.0. The quantitative estimate of drug-likeness (QED) is 0.798. The van der Waals surface area contributed by atoms with Crippen LogP contribution in [0.2, 0.25) is 0 Å². The van der Waals surface area contributed by atoms with Gasteiger partial charge in [0.15, 0.2) is 0 Å². The Kier molecular flexibility index (Phi) is 1.88. The van der Waals surface area contributed by atoms with E-state index in [1.165, 1.54) is 6.42 Å². The Labute approximate surface area is 91.7 Å². The second-order valence-electron chi connectivity index (χ2n) is 4.37. The van der Waals surface area contributed by atoms with E-state index in [2.05, 4.69) is 15.2 Å². The van der Waals surface area contributed by atoms with Gasteiger partial charge in [-0.1, -0.05) is 0 Å². The third kappa shape index (κ3) is 1.65. The van der Waals surface area contributed by atoms with Gasteiger partial charge in [0.25, 0.3) is 14.2 Å². The van der Waals surface area contributed by atoms with Crippen molar-refractivity contribution in [2.75, 3.05) is 0 Å². The zero-order chi connectivity index (χ0) is 10.6. The number of aromatic nitrogens is 3. The molecule has 2 fully saturated rings. The van der Waals surface area contributed by atoms with Gasteiger partial charge in [0, 0.05) is 16.6 Å². The van der Waals surface area contributed by atoms with Crippen LogP contribution in [0.25, 0.3) is 0 Å². The van der Waals surface area contributed by atoms with Crippen molar-refractivity contribution in [3.05, 3.63) is 5.82 Å². The molecule has 7 heteroatoms. The fourth-order valence-corrected chi connectivity index (χ4v) is 3.06. The van der Waals surface area contributed by atoms with Gasteiger partial charge in [-0.15, -0.1) is 5.10 Å². The Balaban J connectivity index is 1.84. The minimum Gasteiger partial charge on any atom is -0.262 e. The van der Waals surface area contributed by atoms with Crippen molar-refractivity contribution in [2.45, 2.75) is 30.3 Å². The third-order valence-corrected chi connectivity index (χ3v) is 4.36. The Morgan fingerprint density at radius 3 is 2.47 bits per heavy atom. The summed E-state index contributed by atoms with van der Waals surface area (Å²) in [4.78, 5) is 3.93. The van der Waals surface area contributed by atoms with Crippen LogP contribution in [-0.4, -0.2) is 23.6 Å². The number of halogens is 1. The van der Waals surface area contributed by atoms with E-state index in [1.54, 1.807) is 0 Å². The van der Waals surface area contributed by atoms with Crippen LogP contribution >= 0.6 is 10.7 Å². The van der Waals surface area contributed by atoms with Crippen LogP contribution in [-0.2, 0) is 9.05 Å². The molecule has 1 N–H and O–H groups in total. The molecule has 1 aromatic heterocycles. The molecule has 2 atom stereocenters. The zero-order valence-electron chi connectivity index (χ0n) is 7.85. The summed E-state index contributed by atoms with van der Waals surface area (Å²) in [5, 5.41) is 5.98. The maximum Gasteiger partial charge on any atom is 0.298 e. The third-order valence-electron chi connectivity index (χ3n) is 3.33. The molecule has 2 aliphatic rings. The van der Waals surface area contributed by atoms with Crippen LogP contribution in [0.4, 0.5) is 0 Å². The van der Waals surface area contributed by atoms with Crippen LogP contribution in [0.5, 0.6) is 0 Å². The Hall–Kier alpha value is -0.620. The van der Waals surface area contributed by atoms with Gasteiger partial charge in [0.2, 0.25) is 0 Å². The molecular formula is C8H10ClN3O2S. The molecular weight excluding hydrogens is 238 g/mol. The first-order chi connectivity index (χ1) is 7.04. The lowest BCUT2D eigenvalue weighted by Crippen LogP contribution is -1.99. The molecule has 0 aliphatic heterocycles. The van der Waals surface area contributed by atoms with Crippen molar-refractivity contribution in [1.82, 2.24) is 15.2 Å². The first-order valence-corrected chi connectivity index (χ1v) is 7.22. The summed E-state index contributed by atoms with van der Waals surface area (Å²) < 4.78 is 21.9. The van der Waals surface area contributed by atoms with E-state index >= 15 is 0 Å². The fourth-order valence-electron chi connectivity index (χ4n) is 2.49. The molecule has 0 amide bonds. The predicted molar refractivity (Wildman–Crippen MR) is 53.0 cm³/mol. The molecule has 1 heterocycles. The molecule has 0 saturated heterocycles. The average molecular weight is 248 g/mol. The monoisotopic (exact) mass is 247 g/mol. The number of aromatic amines is 1. The first kappa shape index (κ1) is 9.59. The van der Waals surface area contributed by atoms with Crippen molar-refractivity contribution in [2.24, 2.45) is 11.8 Å².